The Morgan fingerprint density at radius 2 is 2.04 bits per heavy atom. The van der Waals surface area contributed by atoms with Gasteiger partial charge in [-0.2, -0.15) is 5.10 Å². The van der Waals surface area contributed by atoms with E-state index in [9.17, 15) is 14.7 Å². The molecule has 2 N–H and O–H groups in total. The van der Waals surface area contributed by atoms with Gasteiger partial charge in [0.15, 0.2) is 0 Å². The Labute approximate surface area is 164 Å². The van der Waals surface area contributed by atoms with Gasteiger partial charge in [-0.1, -0.05) is 31.2 Å². The summed E-state index contributed by atoms with van der Waals surface area (Å²) in [6.07, 6.45) is 2.12. The number of hydrogen-bond acceptors (Lipinski definition) is 4. The van der Waals surface area contributed by atoms with Gasteiger partial charge >= 0.3 is 5.97 Å². The number of hydrogen-bond donors (Lipinski definition) is 2. The quantitative estimate of drug-likeness (QED) is 0.829. The summed E-state index contributed by atoms with van der Waals surface area (Å²) in [5, 5.41) is 15.8. The predicted octanol–water partition coefficient (Wildman–Crippen LogP) is 2.46. The second-order valence-corrected chi connectivity index (χ2v) is 7.89. The van der Waals surface area contributed by atoms with Crippen LogP contribution in [0.25, 0.3) is 0 Å². The van der Waals surface area contributed by atoms with Crippen LogP contribution in [0.5, 0.6) is 0 Å². The van der Waals surface area contributed by atoms with Crippen LogP contribution in [0.4, 0.5) is 0 Å². The van der Waals surface area contributed by atoms with Crippen LogP contribution in [0, 0.1) is 18.8 Å². The topological polar surface area (TPSA) is 89.5 Å². The Bertz CT molecular complexity index is 893. The van der Waals surface area contributed by atoms with E-state index in [1.807, 2.05) is 19.1 Å². The SMILES string of the molecule is CCC(=O)N1C[C@@H]2CN(Cc3cn[nH]c3C(=O)O)C[C@@H]2[C@H]1c1ccccc1C. The maximum atomic E-state index is 12.6. The first-order chi connectivity index (χ1) is 13.5. The monoisotopic (exact) mass is 382 g/mol. The number of benzene rings is 1. The maximum absolute atomic E-state index is 12.6. The Hall–Kier alpha value is -2.67. The highest BCUT2D eigenvalue weighted by Gasteiger charge is 2.49. The van der Waals surface area contributed by atoms with Gasteiger partial charge in [-0.15, -0.1) is 0 Å². The van der Waals surface area contributed by atoms with Crippen LogP contribution in [-0.2, 0) is 11.3 Å². The normalized spacial score (nSPS) is 24.5. The standard InChI is InChI=1S/C21H26N4O3/c1-3-18(26)25-11-15-10-24(9-14-8-22-23-19(14)21(27)28)12-17(15)20(25)16-7-5-4-6-13(16)2/h4-8,15,17,20H,3,9-12H2,1-2H3,(H,22,23)(H,27,28)/t15-,17-,20+/m0/s1. The first-order valence-corrected chi connectivity index (χ1v) is 9.82. The van der Waals surface area contributed by atoms with E-state index in [1.165, 1.54) is 11.1 Å². The Kier molecular flexibility index (Phi) is 4.93. The first-order valence-electron chi connectivity index (χ1n) is 9.82. The van der Waals surface area contributed by atoms with E-state index < -0.39 is 5.97 Å². The molecule has 1 aromatic carbocycles. The number of nitrogens with zero attached hydrogens (tertiary/aromatic N) is 3. The van der Waals surface area contributed by atoms with E-state index in [4.69, 9.17) is 0 Å². The molecule has 2 fully saturated rings. The van der Waals surface area contributed by atoms with Crippen molar-refractivity contribution in [2.45, 2.75) is 32.9 Å². The van der Waals surface area contributed by atoms with Gasteiger partial charge in [-0.3, -0.25) is 14.8 Å². The maximum Gasteiger partial charge on any atom is 0.354 e. The van der Waals surface area contributed by atoms with Gasteiger partial charge < -0.3 is 10.0 Å². The molecule has 7 nitrogen and oxygen atoms in total. The largest absolute Gasteiger partial charge is 0.477 e. The van der Waals surface area contributed by atoms with Crippen molar-refractivity contribution in [1.29, 1.82) is 0 Å². The number of aryl methyl sites for hydroxylation is 1. The van der Waals surface area contributed by atoms with E-state index in [0.717, 1.165) is 19.6 Å². The van der Waals surface area contributed by atoms with Crippen LogP contribution in [0.1, 0.15) is 46.6 Å². The molecule has 4 rings (SSSR count). The number of carboxylic acid groups (broad SMARTS) is 1. The molecule has 0 saturated carbocycles. The number of carbonyl (C=O) groups excluding carboxylic acids is 1. The number of nitrogens with one attached hydrogen (secondary N) is 1. The summed E-state index contributed by atoms with van der Waals surface area (Å²) in [6.45, 7) is 7.07. The minimum atomic E-state index is -0.982. The lowest BCUT2D eigenvalue weighted by atomic mass is 9.87. The minimum Gasteiger partial charge on any atom is -0.477 e. The van der Waals surface area contributed by atoms with E-state index >= 15 is 0 Å². The Balaban J connectivity index is 1.58. The zero-order valence-corrected chi connectivity index (χ0v) is 16.3. The lowest BCUT2D eigenvalue weighted by molar-refractivity contribution is -0.132. The highest BCUT2D eigenvalue weighted by atomic mass is 16.4. The zero-order chi connectivity index (χ0) is 19.8. The summed E-state index contributed by atoms with van der Waals surface area (Å²) in [7, 11) is 0. The van der Waals surface area contributed by atoms with Gasteiger partial charge in [0.1, 0.15) is 5.69 Å². The molecular weight excluding hydrogens is 356 g/mol. The van der Waals surface area contributed by atoms with E-state index in [2.05, 4.69) is 39.1 Å². The van der Waals surface area contributed by atoms with E-state index in [1.54, 1.807) is 6.20 Å². The molecule has 2 aromatic rings. The number of H-pyrrole nitrogens is 1. The summed E-state index contributed by atoms with van der Waals surface area (Å²) in [5.74, 6) is -0.0151. The van der Waals surface area contributed by atoms with Crippen LogP contribution in [-0.4, -0.2) is 56.6 Å². The average Bonchev–Trinajstić information content (AvgIpc) is 3.36. The molecule has 0 radical (unpaired) electrons. The molecule has 2 aliphatic heterocycles. The van der Waals surface area contributed by atoms with Gasteiger partial charge in [0.2, 0.25) is 5.91 Å². The number of fused-ring (bicyclic) bond motifs is 1. The molecule has 2 saturated heterocycles. The number of aromatic nitrogens is 2. The predicted molar refractivity (Wildman–Crippen MR) is 104 cm³/mol. The molecule has 0 bridgehead atoms. The van der Waals surface area contributed by atoms with Crippen LogP contribution in [0.2, 0.25) is 0 Å². The van der Waals surface area contributed by atoms with Crippen LogP contribution in [0.15, 0.2) is 30.5 Å². The summed E-state index contributed by atoms with van der Waals surface area (Å²) in [5.41, 5.74) is 3.31. The van der Waals surface area contributed by atoms with Crippen molar-refractivity contribution >= 4 is 11.9 Å². The molecule has 0 aliphatic carbocycles. The summed E-state index contributed by atoms with van der Waals surface area (Å²) < 4.78 is 0. The van der Waals surface area contributed by atoms with Crippen LogP contribution >= 0.6 is 0 Å². The molecule has 148 valence electrons. The molecule has 28 heavy (non-hydrogen) atoms. The average molecular weight is 382 g/mol. The first kappa shape index (κ1) is 18.7. The fourth-order valence-electron chi connectivity index (χ4n) is 4.90. The Morgan fingerprint density at radius 1 is 1.25 bits per heavy atom. The van der Waals surface area contributed by atoms with E-state index in [0.29, 0.717) is 30.4 Å². The third-order valence-electron chi connectivity index (χ3n) is 6.20. The molecule has 0 unspecified atom stereocenters. The van der Waals surface area contributed by atoms with Crippen LogP contribution < -0.4 is 0 Å². The van der Waals surface area contributed by atoms with Crippen molar-refractivity contribution in [3.8, 4) is 0 Å². The number of aromatic carboxylic acids is 1. The third-order valence-corrected chi connectivity index (χ3v) is 6.20. The minimum absolute atomic E-state index is 0.0898. The molecule has 2 aliphatic rings. The smallest absolute Gasteiger partial charge is 0.354 e. The van der Waals surface area contributed by atoms with Crippen molar-refractivity contribution in [3.05, 3.63) is 52.8 Å². The second kappa shape index (κ2) is 7.39. The highest BCUT2D eigenvalue weighted by Crippen LogP contribution is 2.46. The molecule has 1 amide bonds. The number of likely N-dealkylation sites (tertiary alicyclic amines) is 2. The lowest BCUT2D eigenvalue weighted by Gasteiger charge is -2.30. The summed E-state index contributed by atoms with van der Waals surface area (Å²) >= 11 is 0. The van der Waals surface area contributed by atoms with Gasteiger partial charge in [0.25, 0.3) is 0 Å². The van der Waals surface area contributed by atoms with Crippen molar-refractivity contribution in [2.75, 3.05) is 19.6 Å². The second-order valence-electron chi connectivity index (χ2n) is 7.89. The number of carboxylic acids is 1. The van der Waals surface area contributed by atoms with Crippen molar-refractivity contribution in [2.24, 2.45) is 11.8 Å². The van der Waals surface area contributed by atoms with Crippen molar-refractivity contribution in [1.82, 2.24) is 20.0 Å². The van der Waals surface area contributed by atoms with Gasteiger partial charge in [0.05, 0.1) is 12.2 Å². The summed E-state index contributed by atoms with van der Waals surface area (Å²) in [6, 6.07) is 8.41. The molecule has 1 aromatic heterocycles. The number of aromatic amines is 1. The summed E-state index contributed by atoms with van der Waals surface area (Å²) in [4.78, 5) is 28.3. The molecule has 3 heterocycles. The van der Waals surface area contributed by atoms with Gasteiger partial charge in [-0.25, -0.2) is 4.79 Å². The highest BCUT2D eigenvalue weighted by molar-refractivity contribution is 5.86. The molecule has 0 spiro atoms. The fraction of sp³-hybridized carbons (Fsp3) is 0.476. The van der Waals surface area contributed by atoms with Gasteiger partial charge in [0, 0.05) is 44.1 Å². The number of amides is 1. The molecular formula is C21H26N4O3. The van der Waals surface area contributed by atoms with Gasteiger partial charge in [-0.05, 0) is 24.0 Å². The van der Waals surface area contributed by atoms with Crippen molar-refractivity contribution < 1.29 is 14.7 Å². The number of rotatable bonds is 5. The fourth-order valence-corrected chi connectivity index (χ4v) is 4.90. The Morgan fingerprint density at radius 3 is 2.75 bits per heavy atom. The third kappa shape index (κ3) is 3.20. The molecule has 7 heteroatoms. The van der Waals surface area contributed by atoms with Crippen LogP contribution in [0.3, 0.4) is 0 Å². The zero-order valence-electron chi connectivity index (χ0n) is 16.3. The number of carbonyl (C=O) groups is 2. The van der Waals surface area contributed by atoms with Crippen molar-refractivity contribution in [3.63, 3.8) is 0 Å². The lowest BCUT2D eigenvalue weighted by Crippen LogP contribution is -2.35. The van der Waals surface area contributed by atoms with E-state index in [-0.39, 0.29) is 17.6 Å². The molecule has 3 atom stereocenters.